The Bertz CT molecular complexity index is 560. The summed E-state index contributed by atoms with van der Waals surface area (Å²) in [6.07, 6.45) is 2.73. The van der Waals surface area contributed by atoms with Gasteiger partial charge in [0.05, 0.1) is 19.8 Å². The van der Waals surface area contributed by atoms with Crippen LogP contribution < -0.4 is 4.74 Å². The van der Waals surface area contributed by atoms with E-state index in [9.17, 15) is 4.79 Å². The molecular weight excluding hydrogens is 306 g/mol. The Balaban J connectivity index is 1.70. The van der Waals surface area contributed by atoms with E-state index in [0.717, 1.165) is 45.8 Å². The third kappa shape index (κ3) is 3.70. The molecule has 1 aromatic rings. The average Bonchev–Trinajstić information content (AvgIpc) is 3.07. The minimum atomic E-state index is 0.0764. The molecule has 1 amide bonds. The molecule has 24 heavy (non-hydrogen) atoms. The smallest absolute Gasteiger partial charge is 0.254 e. The van der Waals surface area contributed by atoms with Crippen LogP contribution in [0.3, 0.4) is 0 Å². The maximum Gasteiger partial charge on any atom is 0.254 e. The van der Waals surface area contributed by atoms with Gasteiger partial charge in [-0.1, -0.05) is 13.3 Å². The van der Waals surface area contributed by atoms with Gasteiger partial charge < -0.3 is 14.4 Å². The highest BCUT2D eigenvalue weighted by Crippen LogP contribution is 2.27. The zero-order chi connectivity index (χ0) is 16.9. The summed E-state index contributed by atoms with van der Waals surface area (Å²) >= 11 is 0. The van der Waals surface area contributed by atoms with E-state index < -0.39 is 0 Å². The van der Waals surface area contributed by atoms with Crippen molar-refractivity contribution >= 4 is 5.91 Å². The molecule has 3 heterocycles. The van der Waals surface area contributed by atoms with E-state index in [1.54, 1.807) is 18.3 Å². The fourth-order valence-electron chi connectivity index (χ4n) is 3.70. The predicted molar refractivity (Wildman–Crippen MR) is 91.3 cm³/mol. The predicted octanol–water partition coefficient (Wildman–Crippen LogP) is 1.66. The van der Waals surface area contributed by atoms with E-state index in [1.165, 1.54) is 0 Å². The van der Waals surface area contributed by atoms with Gasteiger partial charge in [0.1, 0.15) is 0 Å². The number of nitrogens with zero attached hydrogens (tertiary/aromatic N) is 3. The second kappa shape index (κ2) is 7.94. The molecule has 0 N–H and O–H groups in total. The number of amides is 1. The van der Waals surface area contributed by atoms with Crippen LogP contribution in [-0.2, 0) is 4.74 Å². The molecule has 2 aliphatic rings. The second-order valence-corrected chi connectivity index (χ2v) is 6.41. The fourth-order valence-corrected chi connectivity index (χ4v) is 3.70. The van der Waals surface area contributed by atoms with Crippen LogP contribution in [0.2, 0.25) is 0 Å². The maximum absolute atomic E-state index is 12.9. The van der Waals surface area contributed by atoms with Crippen molar-refractivity contribution in [1.82, 2.24) is 14.8 Å². The fraction of sp³-hybridized carbons (Fsp3) is 0.667. The summed E-state index contributed by atoms with van der Waals surface area (Å²) in [7, 11) is 0. The monoisotopic (exact) mass is 333 g/mol. The van der Waals surface area contributed by atoms with Crippen LogP contribution >= 0.6 is 0 Å². The summed E-state index contributed by atoms with van der Waals surface area (Å²) in [5, 5.41) is 0. The van der Waals surface area contributed by atoms with Crippen molar-refractivity contribution < 1.29 is 14.3 Å². The van der Waals surface area contributed by atoms with Crippen LogP contribution in [0.5, 0.6) is 5.88 Å². The highest BCUT2D eigenvalue weighted by Gasteiger charge is 2.38. The van der Waals surface area contributed by atoms with Crippen molar-refractivity contribution in [2.45, 2.75) is 26.3 Å². The zero-order valence-electron chi connectivity index (χ0n) is 14.6. The quantitative estimate of drug-likeness (QED) is 0.820. The highest BCUT2D eigenvalue weighted by atomic mass is 16.5. The van der Waals surface area contributed by atoms with Crippen LogP contribution in [-0.4, -0.2) is 72.7 Å². The van der Waals surface area contributed by atoms with Gasteiger partial charge in [-0.15, -0.1) is 0 Å². The standard InChI is InChI=1S/C18H27N3O3/c1-3-14-12-21(13-16(14)20-7-9-23-10-8-20)18(22)15-5-6-19-17(11-15)24-4-2/h5-6,11,14,16H,3-4,7-10,12-13H2,1-2H3/t14-,16-/m0/s1. The first-order chi connectivity index (χ1) is 11.7. The van der Waals surface area contributed by atoms with Crippen molar-refractivity contribution in [3.05, 3.63) is 23.9 Å². The Kier molecular flexibility index (Phi) is 5.68. The minimum Gasteiger partial charge on any atom is -0.478 e. The van der Waals surface area contributed by atoms with Gasteiger partial charge in [-0.2, -0.15) is 0 Å². The first kappa shape index (κ1) is 17.2. The van der Waals surface area contributed by atoms with Crippen LogP contribution in [0.25, 0.3) is 0 Å². The molecule has 2 saturated heterocycles. The molecule has 2 atom stereocenters. The van der Waals surface area contributed by atoms with E-state index in [0.29, 0.717) is 30.0 Å². The van der Waals surface area contributed by atoms with Gasteiger partial charge in [0.25, 0.3) is 5.91 Å². The van der Waals surface area contributed by atoms with Crippen LogP contribution in [0.4, 0.5) is 0 Å². The number of rotatable bonds is 5. The number of morpholine rings is 1. The molecule has 0 saturated carbocycles. The van der Waals surface area contributed by atoms with E-state index in [1.807, 2.05) is 11.8 Å². The Morgan fingerprint density at radius 1 is 1.33 bits per heavy atom. The van der Waals surface area contributed by atoms with Gasteiger partial charge in [-0.05, 0) is 18.9 Å². The van der Waals surface area contributed by atoms with Crippen molar-refractivity contribution in [3.63, 3.8) is 0 Å². The number of likely N-dealkylation sites (tertiary alicyclic amines) is 1. The Morgan fingerprint density at radius 2 is 2.12 bits per heavy atom. The molecule has 0 aliphatic carbocycles. The molecule has 2 fully saturated rings. The van der Waals surface area contributed by atoms with Gasteiger partial charge in [0.2, 0.25) is 5.88 Å². The SMILES string of the molecule is CCOc1cc(C(=O)N2C[C@H](CC)[C@@H](N3CCOCC3)C2)ccn1. The summed E-state index contributed by atoms with van der Waals surface area (Å²) in [6.45, 7) is 9.81. The van der Waals surface area contributed by atoms with Crippen molar-refractivity contribution in [3.8, 4) is 5.88 Å². The maximum atomic E-state index is 12.9. The van der Waals surface area contributed by atoms with Gasteiger partial charge >= 0.3 is 0 Å². The summed E-state index contributed by atoms with van der Waals surface area (Å²) in [6, 6.07) is 3.96. The first-order valence-corrected chi connectivity index (χ1v) is 8.92. The summed E-state index contributed by atoms with van der Waals surface area (Å²) < 4.78 is 10.9. The van der Waals surface area contributed by atoms with Crippen LogP contribution in [0, 0.1) is 5.92 Å². The number of pyridine rings is 1. The van der Waals surface area contributed by atoms with Crippen LogP contribution in [0.15, 0.2) is 18.3 Å². The van der Waals surface area contributed by atoms with E-state index >= 15 is 0 Å². The number of hydrogen-bond donors (Lipinski definition) is 0. The van der Waals surface area contributed by atoms with E-state index in [-0.39, 0.29) is 5.91 Å². The molecule has 0 unspecified atom stereocenters. The van der Waals surface area contributed by atoms with Gasteiger partial charge in [0, 0.05) is 50.0 Å². The number of hydrogen-bond acceptors (Lipinski definition) is 5. The molecule has 6 heteroatoms. The van der Waals surface area contributed by atoms with Gasteiger partial charge in [-0.3, -0.25) is 9.69 Å². The normalized spacial score (nSPS) is 25.0. The van der Waals surface area contributed by atoms with Crippen molar-refractivity contribution in [2.75, 3.05) is 46.0 Å². The Morgan fingerprint density at radius 3 is 2.83 bits per heavy atom. The second-order valence-electron chi connectivity index (χ2n) is 6.41. The topological polar surface area (TPSA) is 54.9 Å². The lowest BCUT2D eigenvalue weighted by atomic mass is 9.99. The summed E-state index contributed by atoms with van der Waals surface area (Å²) in [5.41, 5.74) is 0.658. The molecule has 1 aromatic heterocycles. The molecule has 0 aromatic carbocycles. The lowest BCUT2D eigenvalue weighted by molar-refractivity contribution is 0.0103. The number of ether oxygens (including phenoxy) is 2. The molecule has 3 rings (SSSR count). The number of aromatic nitrogens is 1. The molecule has 2 aliphatic heterocycles. The van der Waals surface area contributed by atoms with E-state index in [2.05, 4.69) is 16.8 Å². The molecule has 0 radical (unpaired) electrons. The lowest BCUT2D eigenvalue weighted by Crippen LogP contribution is -2.47. The molecule has 0 spiro atoms. The summed E-state index contributed by atoms with van der Waals surface area (Å²) in [4.78, 5) is 21.5. The Labute approximate surface area is 143 Å². The third-order valence-corrected chi connectivity index (χ3v) is 5.01. The molecule has 132 valence electrons. The largest absolute Gasteiger partial charge is 0.478 e. The van der Waals surface area contributed by atoms with Gasteiger partial charge in [-0.25, -0.2) is 4.98 Å². The molecule has 0 bridgehead atoms. The van der Waals surface area contributed by atoms with Crippen molar-refractivity contribution in [2.24, 2.45) is 5.92 Å². The lowest BCUT2D eigenvalue weighted by Gasteiger charge is -2.34. The molecule has 6 nitrogen and oxygen atoms in total. The van der Waals surface area contributed by atoms with Crippen molar-refractivity contribution in [1.29, 1.82) is 0 Å². The first-order valence-electron chi connectivity index (χ1n) is 8.92. The van der Waals surface area contributed by atoms with Crippen LogP contribution in [0.1, 0.15) is 30.6 Å². The summed E-state index contributed by atoms with van der Waals surface area (Å²) in [5.74, 6) is 1.12. The third-order valence-electron chi connectivity index (χ3n) is 5.01. The number of carbonyl (C=O) groups excluding carboxylic acids is 1. The van der Waals surface area contributed by atoms with E-state index in [4.69, 9.17) is 9.47 Å². The zero-order valence-corrected chi connectivity index (χ0v) is 14.6. The van der Waals surface area contributed by atoms with Gasteiger partial charge in [0.15, 0.2) is 0 Å². The highest BCUT2D eigenvalue weighted by molar-refractivity contribution is 5.94. The number of carbonyl (C=O) groups is 1. The average molecular weight is 333 g/mol. The minimum absolute atomic E-state index is 0.0764. The molecular formula is C18H27N3O3. The Hall–Kier alpha value is -1.66.